The van der Waals surface area contributed by atoms with E-state index in [2.05, 4.69) is 4.99 Å². The summed E-state index contributed by atoms with van der Waals surface area (Å²) in [5.41, 5.74) is 0.402. The molecule has 0 aliphatic carbocycles. The summed E-state index contributed by atoms with van der Waals surface area (Å²) in [7, 11) is 0. The molecule has 0 unspecified atom stereocenters. The van der Waals surface area contributed by atoms with Crippen molar-refractivity contribution in [3.63, 3.8) is 0 Å². The minimum absolute atomic E-state index is 0.0746. The van der Waals surface area contributed by atoms with Gasteiger partial charge in [-0.3, -0.25) is 4.79 Å². The molecular weight excluding hydrogens is 142 g/mol. The summed E-state index contributed by atoms with van der Waals surface area (Å²) in [5, 5.41) is 9.11. The van der Waals surface area contributed by atoms with Crippen LogP contribution in [0.2, 0.25) is 0 Å². The Balaban J connectivity index is 2.94. The van der Waals surface area contributed by atoms with Gasteiger partial charge in [-0.15, -0.1) is 0 Å². The highest BCUT2D eigenvalue weighted by Crippen LogP contribution is 2.23. The van der Waals surface area contributed by atoms with Crippen LogP contribution in [0.3, 0.4) is 0 Å². The Morgan fingerprint density at radius 2 is 2.09 bits per heavy atom. The van der Waals surface area contributed by atoms with E-state index >= 15 is 0 Å². The number of phenolic OH excluding ortho intramolecular Hbond substituents is 1. The van der Waals surface area contributed by atoms with E-state index in [1.54, 1.807) is 18.2 Å². The molecule has 56 valence electrons. The highest BCUT2D eigenvalue weighted by molar-refractivity contribution is 6.13. The van der Waals surface area contributed by atoms with Crippen molar-refractivity contribution in [1.29, 1.82) is 0 Å². The van der Waals surface area contributed by atoms with Gasteiger partial charge in [-0.05, 0) is 12.1 Å². The van der Waals surface area contributed by atoms with Crippen LogP contribution in [0.5, 0.6) is 5.75 Å². The van der Waals surface area contributed by atoms with E-state index in [-0.39, 0.29) is 5.75 Å². The predicted molar refractivity (Wildman–Crippen MR) is 42.3 cm³/mol. The molecule has 0 fully saturated rings. The minimum atomic E-state index is 0.0746. The van der Waals surface area contributed by atoms with Crippen molar-refractivity contribution >= 4 is 18.2 Å². The number of carbonyl (C=O) groups excluding carboxylic acids is 1. The number of carbonyl (C=O) groups is 1. The van der Waals surface area contributed by atoms with Gasteiger partial charge in [0.2, 0.25) is 0 Å². The average molecular weight is 149 g/mol. The number of phenols is 1. The van der Waals surface area contributed by atoms with Gasteiger partial charge in [0.25, 0.3) is 0 Å². The van der Waals surface area contributed by atoms with E-state index in [4.69, 9.17) is 5.11 Å². The predicted octanol–water partition coefficient (Wildman–Crippen LogP) is 1.29. The largest absolute Gasteiger partial charge is 0.506 e. The molecule has 0 aliphatic rings. The summed E-state index contributed by atoms with van der Waals surface area (Å²) in [6.45, 7) is 0. The molecule has 3 nitrogen and oxygen atoms in total. The second-order valence-electron chi connectivity index (χ2n) is 1.90. The monoisotopic (exact) mass is 149 g/mol. The van der Waals surface area contributed by atoms with E-state index in [1.165, 1.54) is 6.07 Å². The van der Waals surface area contributed by atoms with Crippen LogP contribution in [0.4, 0.5) is 5.69 Å². The third kappa shape index (κ3) is 1.89. The van der Waals surface area contributed by atoms with E-state index in [9.17, 15) is 4.79 Å². The topological polar surface area (TPSA) is 49.7 Å². The van der Waals surface area contributed by atoms with Crippen molar-refractivity contribution in [2.45, 2.75) is 0 Å². The number of nitrogens with zero attached hydrogens (tertiary/aromatic N) is 1. The maximum atomic E-state index is 9.86. The molecule has 1 rings (SSSR count). The summed E-state index contributed by atoms with van der Waals surface area (Å²) in [5.74, 6) is 0.0746. The fraction of sp³-hybridized carbons (Fsp3) is 0. The lowest BCUT2D eigenvalue weighted by Gasteiger charge is -1.94. The zero-order valence-corrected chi connectivity index (χ0v) is 5.77. The summed E-state index contributed by atoms with van der Waals surface area (Å²) >= 11 is 0. The van der Waals surface area contributed by atoms with Crippen LogP contribution >= 0.6 is 0 Å². The lowest BCUT2D eigenvalue weighted by molar-refractivity contribution is -0.102. The molecule has 1 N–H and O–H groups in total. The van der Waals surface area contributed by atoms with Crippen LogP contribution in [0, 0.1) is 0 Å². The first-order chi connectivity index (χ1) is 5.34. The molecule has 0 heterocycles. The Labute approximate surface area is 64.0 Å². The van der Waals surface area contributed by atoms with E-state index in [0.717, 1.165) is 6.21 Å². The van der Waals surface area contributed by atoms with E-state index in [0.29, 0.717) is 12.0 Å². The summed E-state index contributed by atoms with van der Waals surface area (Å²) in [6, 6.07) is 6.55. The molecule has 0 saturated carbocycles. The van der Waals surface area contributed by atoms with Gasteiger partial charge in [-0.1, -0.05) is 12.1 Å². The molecule has 3 heteroatoms. The van der Waals surface area contributed by atoms with Crippen LogP contribution in [-0.2, 0) is 4.79 Å². The van der Waals surface area contributed by atoms with Gasteiger partial charge in [0, 0.05) is 0 Å². The second-order valence-corrected chi connectivity index (χ2v) is 1.90. The van der Waals surface area contributed by atoms with Gasteiger partial charge in [-0.2, -0.15) is 0 Å². The number of hydrogen-bond acceptors (Lipinski definition) is 3. The van der Waals surface area contributed by atoms with Gasteiger partial charge >= 0.3 is 0 Å². The number of aldehydes is 1. The number of aromatic hydroxyl groups is 1. The molecule has 1 aromatic carbocycles. The minimum Gasteiger partial charge on any atom is -0.506 e. The van der Waals surface area contributed by atoms with Crippen molar-refractivity contribution in [2.24, 2.45) is 4.99 Å². The Kier molecular flexibility index (Phi) is 2.38. The van der Waals surface area contributed by atoms with Gasteiger partial charge in [0.1, 0.15) is 11.4 Å². The number of para-hydroxylation sites is 2. The molecule has 0 amide bonds. The quantitative estimate of drug-likeness (QED) is 0.508. The molecule has 0 aromatic heterocycles. The van der Waals surface area contributed by atoms with Crippen LogP contribution in [0.15, 0.2) is 29.3 Å². The van der Waals surface area contributed by atoms with Gasteiger partial charge in [0.05, 0.1) is 6.21 Å². The molecule has 0 atom stereocenters. The molecule has 1 aromatic rings. The van der Waals surface area contributed by atoms with Gasteiger partial charge in [-0.25, -0.2) is 4.99 Å². The van der Waals surface area contributed by atoms with Crippen LogP contribution < -0.4 is 0 Å². The Morgan fingerprint density at radius 3 is 2.73 bits per heavy atom. The molecular formula is C8H7NO2. The maximum absolute atomic E-state index is 9.86. The summed E-state index contributed by atoms with van der Waals surface area (Å²) in [4.78, 5) is 13.5. The Morgan fingerprint density at radius 1 is 1.36 bits per heavy atom. The summed E-state index contributed by atoms with van der Waals surface area (Å²) < 4.78 is 0. The lowest BCUT2D eigenvalue weighted by Crippen LogP contribution is -1.72. The third-order valence-corrected chi connectivity index (χ3v) is 1.16. The van der Waals surface area contributed by atoms with Crippen molar-refractivity contribution in [1.82, 2.24) is 0 Å². The third-order valence-electron chi connectivity index (χ3n) is 1.16. The van der Waals surface area contributed by atoms with Crippen molar-refractivity contribution in [2.75, 3.05) is 0 Å². The number of benzene rings is 1. The van der Waals surface area contributed by atoms with Gasteiger partial charge < -0.3 is 5.11 Å². The van der Waals surface area contributed by atoms with Crippen LogP contribution in [0.1, 0.15) is 0 Å². The molecule has 0 radical (unpaired) electrons. The SMILES string of the molecule is O=CC=Nc1ccccc1O. The first-order valence-corrected chi connectivity index (χ1v) is 3.10. The van der Waals surface area contributed by atoms with Crippen LogP contribution in [0.25, 0.3) is 0 Å². The van der Waals surface area contributed by atoms with E-state index in [1.807, 2.05) is 0 Å². The smallest absolute Gasteiger partial charge is 0.161 e. The molecule has 11 heavy (non-hydrogen) atoms. The van der Waals surface area contributed by atoms with Crippen molar-refractivity contribution in [3.05, 3.63) is 24.3 Å². The number of hydrogen-bond donors (Lipinski definition) is 1. The Bertz CT molecular complexity index is 281. The normalized spacial score (nSPS) is 10.2. The highest BCUT2D eigenvalue weighted by Gasteiger charge is 1.92. The fourth-order valence-corrected chi connectivity index (χ4v) is 0.684. The molecule has 0 spiro atoms. The van der Waals surface area contributed by atoms with Gasteiger partial charge in [0.15, 0.2) is 6.29 Å². The average Bonchev–Trinajstić information content (AvgIpc) is 2.03. The molecule has 0 saturated heterocycles. The zero-order valence-electron chi connectivity index (χ0n) is 5.77. The highest BCUT2D eigenvalue weighted by atomic mass is 16.3. The number of aliphatic imine (C=N–C) groups is 1. The molecule has 0 bridgehead atoms. The fourth-order valence-electron chi connectivity index (χ4n) is 0.684. The Hall–Kier alpha value is -1.64. The van der Waals surface area contributed by atoms with E-state index < -0.39 is 0 Å². The van der Waals surface area contributed by atoms with Crippen molar-refractivity contribution < 1.29 is 9.90 Å². The maximum Gasteiger partial charge on any atom is 0.161 e. The second kappa shape index (κ2) is 3.51. The number of rotatable bonds is 2. The summed E-state index contributed by atoms with van der Waals surface area (Å²) in [6.07, 6.45) is 1.65. The van der Waals surface area contributed by atoms with Crippen molar-refractivity contribution in [3.8, 4) is 5.75 Å². The lowest BCUT2D eigenvalue weighted by atomic mass is 10.3. The first-order valence-electron chi connectivity index (χ1n) is 3.10. The van der Waals surface area contributed by atoms with Crippen LogP contribution in [-0.4, -0.2) is 17.6 Å². The molecule has 0 aliphatic heterocycles. The zero-order chi connectivity index (χ0) is 8.10. The first kappa shape index (κ1) is 7.47. The standard InChI is InChI=1S/C8H7NO2/c10-6-5-9-7-3-1-2-4-8(7)11/h1-6,11H.